The first-order chi connectivity index (χ1) is 8.43. The Kier molecular flexibility index (Phi) is 4.67. The van der Waals surface area contributed by atoms with Crippen LogP contribution in [0, 0.1) is 0 Å². The van der Waals surface area contributed by atoms with E-state index in [1.165, 1.54) is 14.0 Å². The Balaban J connectivity index is 2.91. The normalized spacial score (nSPS) is 11.7. The fourth-order valence-electron chi connectivity index (χ4n) is 1.42. The number of hydrogen-bond acceptors (Lipinski definition) is 5. The Bertz CT molecular complexity index is 458. The fraction of sp³-hybridized carbons (Fsp3) is 0.333. The lowest BCUT2D eigenvalue weighted by atomic mass is 10.1. The summed E-state index contributed by atoms with van der Waals surface area (Å²) in [5.74, 6) is -0.876. The molecule has 3 N–H and O–H groups in total. The average Bonchev–Trinajstić information content (AvgIpc) is 2.30. The number of ether oxygens (including phenoxy) is 2. The van der Waals surface area contributed by atoms with Crippen LogP contribution >= 0.6 is 0 Å². The van der Waals surface area contributed by atoms with Crippen LogP contribution in [-0.2, 0) is 16.0 Å². The topological polar surface area (TPSA) is 98.8 Å². The standard InChI is InChI=1S/C12H15NO5/c1-7(14)18-10-4-3-8(6-11(10)17-2)5-9(13)12(15)16/h3-4,6,9H,5,13H2,1-2H3,(H,15,16)/t9-/m1/s1. The summed E-state index contributed by atoms with van der Waals surface area (Å²) in [6, 6.07) is 3.81. The summed E-state index contributed by atoms with van der Waals surface area (Å²) in [6.45, 7) is 1.29. The smallest absolute Gasteiger partial charge is 0.320 e. The molecule has 0 amide bonds. The molecule has 0 aromatic heterocycles. The number of nitrogens with two attached hydrogens (primary N) is 1. The number of carboxylic acid groups (broad SMARTS) is 1. The van der Waals surface area contributed by atoms with E-state index in [9.17, 15) is 9.59 Å². The van der Waals surface area contributed by atoms with Crippen LogP contribution in [0.25, 0.3) is 0 Å². The molecule has 0 aliphatic carbocycles. The number of rotatable bonds is 5. The molecule has 1 aromatic rings. The van der Waals surface area contributed by atoms with Crippen LogP contribution in [0.1, 0.15) is 12.5 Å². The lowest BCUT2D eigenvalue weighted by Gasteiger charge is -2.11. The predicted molar refractivity (Wildman–Crippen MR) is 63.6 cm³/mol. The maximum absolute atomic E-state index is 10.9. The summed E-state index contributed by atoms with van der Waals surface area (Å²) in [5, 5.41) is 8.72. The Morgan fingerprint density at radius 2 is 2.06 bits per heavy atom. The molecule has 1 atom stereocenters. The molecule has 98 valence electrons. The van der Waals surface area contributed by atoms with Crippen molar-refractivity contribution in [1.82, 2.24) is 0 Å². The second kappa shape index (κ2) is 6.02. The molecule has 0 aliphatic heterocycles. The van der Waals surface area contributed by atoms with Gasteiger partial charge < -0.3 is 20.3 Å². The first kappa shape index (κ1) is 14.0. The molecular weight excluding hydrogens is 238 g/mol. The van der Waals surface area contributed by atoms with Gasteiger partial charge in [0.15, 0.2) is 11.5 Å². The van der Waals surface area contributed by atoms with Crippen molar-refractivity contribution >= 4 is 11.9 Å². The van der Waals surface area contributed by atoms with Crippen LogP contribution in [0.4, 0.5) is 0 Å². The highest BCUT2D eigenvalue weighted by atomic mass is 16.6. The fourth-order valence-corrected chi connectivity index (χ4v) is 1.42. The Hall–Kier alpha value is -2.08. The Morgan fingerprint density at radius 3 is 2.56 bits per heavy atom. The van der Waals surface area contributed by atoms with Gasteiger partial charge >= 0.3 is 11.9 Å². The molecular formula is C12H15NO5. The highest BCUT2D eigenvalue weighted by Gasteiger charge is 2.14. The quantitative estimate of drug-likeness (QED) is 0.588. The number of carbonyl (C=O) groups excluding carboxylic acids is 1. The second-order valence-electron chi connectivity index (χ2n) is 3.73. The molecule has 0 aliphatic rings. The number of carbonyl (C=O) groups is 2. The zero-order valence-corrected chi connectivity index (χ0v) is 10.2. The van der Waals surface area contributed by atoms with Gasteiger partial charge in [-0.1, -0.05) is 6.07 Å². The molecule has 0 fully saturated rings. The van der Waals surface area contributed by atoms with Gasteiger partial charge in [0.25, 0.3) is 0 Å². The molecule has 1 rings (SSSR count). The van der Waals surface area contributed by atoms with E-state index in [1.807, 2.05) is 0 Å². The third kappa shape index (κ3) is 3.74. The van der Waals surface area contributed by atoms with Gasteiger partial charge in [-0.15, -0.1) is 0 Å². The zero-order valence-electron chi connectivity index (χ0n) is 10.2. The van der Waals surface area contributed by atoms with E-state index in [0.717, 1.165) is 0 Å². The largest absolute Gasteiger partial charge is 0.493 e. The Morgan fingerprint density at radius 1 is 1.39 bits per heavy atom. The molecule has 0 bridgehead atoms. The van der Waals surface area contributed by atoms with Crippen molar-refractivity contribution in [1.29, 1.82) is 0 Å². The van der Waals surface area contributed by atoms with Crippen LogP contribution in [-0.4, -0.2) is 30.2 Å². The highest BCUT2D eigenvalue weighted by molar-refractivity contribution is 5.73. The van der Waals surface area contributed by atoms with Crippen LogP contribution in [0.15, 0.2) is 18.2 Å². The maximum atomic E-state index is 10.9. The van der Waals surface area contributed by atoms with E-state index in [2.05, 4.69) is 0 Å². The SMILES string of the molecule is COc1cc(C[C@@H](N)C(=O)O)ccc1OC(C)=O. The first-order valence-electron chi connectivity index (χ1n) is 5.27. The van der Waals surface area contributed by atoms with Crippen molar-refractivity contribution in [2.75, 3.05) is 7.11 Å². The predicted octanol–water partition coefficient (Wildman–Crippen LogP) is 0.575. The minimum absolute atomic E-state index is 0.173. The lowest BCUT2D eigenvalue weighted by molar-refractivity contribution is -0.138. The average molecular weight is 253 g/mol. The van der Waals surface area contributed by atoms with Crippen molar-refractivity contribution in [2.24, 2.45) is 5.73 Å². The minimum Gasteiger partial charge on any atom is -0.493 e. The Labute approximate surface area is 104 Å². The molecule has 1 aromatic carbocycles. The third-order valence-electron chi connectivity index (χ3n) is 2.25. The summed E-state index contributed by atoms with van der Waals surface area (Å²) < 4.78 is 10.00. The van der Waals surface area contributed by atoms with Crippen molar-refractivity contribution in [3.8, 4) is 11.5 Å². The van der Waals surface area contributed by atoms with Crippen LogP contribution < -0.4 is 15.2 Å². The molecule has 6 heteroatoms. The van der Waals surface area contributed by atoms with Gasteiger partial charge in [0.05, 0.1) is 7.11 Å². The van der Waals surface area contributed by atoms with Crippen LogP contribution in [0.2, 0.25) is 0 Å². The van der Waals surface area contributed by atoms with Crippen molar-refractivity contribution in [3.63, 3.8) is 0 Å². The number of aliphatic carboxylic acids is 1. The summed E-state index contributed by atoms with van der Waals surface area (Å²) in [5.41, 5.74) is 6.13. The number of carboxylic acids is 1. The monoisotopic (exact) mass is 253 g/mol. The first-order valence-corrected chi connectivity index (χ1v) is 5.27. The van der Waals surface area contributed by atoms with E-state index in [1.54, 1.807) is 18.2 Å². The number of esters is 1. The van der Waals surface area contributed by atoms with E-state index >= 15 is 0 Å². The van der Waals surface area contributed by atoms with Crippen molar-refractivity contribution in [3.05, 3.63) is 23.8 Å². The van der Waals surface area contributed by atoms with E-state index in [4.69, 9.17) is 20.3 Å². The summed E-state index contributed by atoms with van der Waals surface area (Å²) >= 11 is 0. The lowest BCUT2D eigenvalue weighted by Crippen LogP contribution is -2.32. The van der Waals surface area contributed by atoms with Crippen molar-refractivity contribution in [2.45, 2.75) is 19.4 Å². The molecule has 0 radical (unpaired) electrons. The van der Waals surface area contributed by atoms with Gasteiger partial charge in [0.1, 0.15) is 6.04 Å². The molecule has 0 saturated heterocycles. The van der Waals surface area contributed by atoms with Gasteiger partial charge in [-0.3, -0.25) is 9.59 Å². The van der Waals surface area contributed by atoms with E-state index in [-0.39, 0.29) is 12.2 Å². The van der Waals surface area contributed by atoms with E-state index in [0.29, 0.717) is 11.3 Å². The number of methoxy groups -OCH3 is 1. The third-order valence-corrected chi connectivity index (χ3v) is 2.25. The van der Waals surface area contributed by atoms with Gasteiger partial charge in [0.2, 0.25) is 0 Å². The molecule has 0 heterocycles. The summed E-state index contributed by atoms with van der Waals surface area (Å²) in [6.07, 6.45) is 0.173. The highest BCUT2D eigenvalue weighted by Crippen LogP contribution is 2.28. The molecule has 0 unspecified atom stereocenters. The minimum atomic E-state index is -1.07. The molecule has 0 spiro atoms. The molecule has 0 saturated carbocycles. The second-order valence-corrected chi connectivity index (χ2v) is 3.73. The number of hydrogen-bond donors (Lipinski definition) is 2. The summed E-state index contributed by atoms with van der Waals surface area (Å²) in [7, 11) is 1.43. The maximum Gasteiger partial charge on any atom is 0.320 e. The summed E-state index contributed by atoms with van der Waals surface area (Å²) in [4.78, 5) is 21.5. The van der Waals surface area contributed by atoms with Gasteiger partial charge in [-0.2, -0.15) is 0 Å². The van der Waals surface area contributed by atoms with Crippen LogP contribution in [0.3, 0.4) is 0 Å². The molecule has 6 nitrogen and oxygen atoms in total. The number of benzene rings is 1. The van der Waals surface area contributed by atoms with Gasteiger partial charge in [0, 0.05) is 6.92 Å². The zero-order chi connectivity index (χ0) is 13.7. The van der Waals surface area contributed by atoms with Gasteiger partial charge in [-0.05, 0) is 24.1 Å². The van der Waals surface area contributed by atoms with Gasteiger partial charge in [-0.25, -0.2) is 0 Å². The molecule has 18 heavy (non-hydrogen) atoms. The van der Waals surface area contributed by atoms with E-state index < -0.39 is 18.0 Å². The van der Waals surface area contributed by atoms with Crippen molar-refractivity contribution < 1.29 is 24.2 Å². The van der Waals surface area contributed by atoms with Crippen LogP contribution in [0.5, 0.6) is 11.5 Å².